The van der Waals surface area contributed by atoms with Crippen LogP contribution in [0.15, 0.2) is 6.07 Å². The van der Waals surface area contributed by atoms with Crippen LogP contribution in [0.25, 0.3) is 0 Å². The Labute approximate surface area is 86.5 Å². The molecule has 0 saturated carbocycles. The standard InChI is InChI=1S/C9H10ClNO3/c1-5-6(9(13)14-2)3-7(10)8(4-12)11-5/h3,12H,4H2,1-2H3. The van der Waals surface area contributed by atoms with Crippen molar-refractivity contribution in [2.45, 2.75) is 13.5 Å². The van der Waals surface area contributed by atoms with Gasteiger partial charge in [-0.25, -0.2) is 4.79 Å². The predicted molar refractivity (Wildman–Crippen MR) is 51.2 cm³/mol. The van der Waals surface area contributed by atoms with E-state index < -0.39 is 5.97 Å². The predicted octanol–water partition coefficient (Wildman–Crippen LogP) is 1.32. The molecule has 0 unspecified atom stereocenters. The third-order valence-corrected chi connectivity index (χ3v) is 2.12. The summed E-state index contributed by atoms with van der Waals surface area (Å²) in [5.74, 6) is -0.485. The molecule has 1 heterocycles. The average molecular weight is 216 g/mol. The molecule has 0 radical (unpaired) electrons. The fraction of sp³-hybridized carbons (Fsp3) is 0.333. The molecule has 0 aliphatic rings. The van der Waals surface area contributed by atoms with Gasteiger partial charge in [0.2, 0.25) is 0 Å². The molecule has 0 saturated heterocycles. The number of methoxy groups -OCH3 is 1. The molecular formula is C9H10ClNO3. The number of rotatable bonds is 2. The first-order chi connectivity index (χ1) is 6.60. The van der Waals surface area contributed by atoms with E-state index in [-0.39, 0.29) is 11.6 Å². The Hall–Kier alpha value is -1.13. The summed E-state index contributed by atoms with van der Waals surface area (Å²) in [6.07, 6.45) is 0. The third kappa shape index (κ3) is 2.02. The Morgan fingerprint density at radius 2 is 2.36 bits per heavy atom. The molecule has 1 aromatic rings. The maximum Gasteiger partial charge on any atom is 0.339 e. The topological polar surface area (TPSA) is 59.4 Å². The van der Waals surface area contributed by atoms with Crippen molar-refractivity contribution in [1.29, 1.82) is 0 Å². The van der Waals surface area contributed by atoms with Crippen molar-refractivity contribution in [3.05, 3.63) is 28.0 Å². The molecule has 76 valence electrons. The minimum atomic E-state index is -0.485. The lowest BCUT2D eigenvalue weighted by molar-refractivity contribution is 0.0599. The summed E-state index contributed by atoms with van der Waals surface area (Å²) in [5, 5.41) is 9.13. The average Bonchev–Trinajstić information content (AvgIpc) is 2.19. The summed E-state index contributed by atoms with van der Waals surface area (Å²) in [6.45, 7) is 1.41. The highest BCUT2D eigenvalue weighted by Crippen LogP contribution is 2.18. The molecule has 0 amide bonds. The molecule has 0 atom stereocenters. The smallest absolute Gasteiger partial charge is 0.339 e. The number of pyridine rings is 1. The van der Waals surface area contributed by atoms with E-state index in [0.717, 1.165) is 0 Å². The van der Waals surface area contributed by atoms with E-state index in [1.165, 1.54) is 13.2 Å². The van der Waals surface area contributed by atoms with Crippen LogP contribution in [0.4, 0.5) is 0 Å². The Bertz CT molecular complexity index is 365. The van der Waals surface area contributed by atoms with Crippen LogP contribution in [0.1, 0.15) is 21.7 Å². The van der Waals surface area contributed by atoms with Crippen LogP contribution in [-0.4, -0.2) is 23.2 Å². The van der Waals surface area contributed by atoms with Gasteiger partial charge in [0.25, 0.3) is 0 Å². The number of halogens is 1. The largest absolute Gasteiger partial charge is 0.465 e. The van der Waals surface area contributed by atoms with Gasteiger partial charge in [-0.2, -0.15) is 0 Å². The molecule has 1 aromatic heterocycles. The van der Waals surface area contributed by atoms with Crippen LogP contribution < -0.4 is 0 Å². The lowest BCUT2D eigenvalue weighted by Gasteiger charge is -2.06. The minimum absolute atomic E-state index is 0.249. The van der Waals surface area contributed by atoms with Gasteiger partial charge in [0.1, 0.15) is 0 Å². The molecule has 0 fully saturated rings. The van der Waals surface area contributed by atoms with Crippen molar-refractivity contribution in [3.63, 3.8) is 0 Å². The van der Waals surface area contributed by atoms with Gasteiger partial charge in [-0.15, -0.1) is 0 Å². The molecule has 0 aliphatic carbocycles. The minimum Gasteiger partial charge on any atom is -0.465 e. The zero-order valence-electron chi connectivity index (χ0n) is 7.87. The molecular weight excluding hydrogens is 206 g/mol. The number of hydrogen-bond donors (Lipinski definition) is 1. The number of esters is 1. The zero-order valence-corrected chi connectivity index (χ0v) is 8.63. The van der Waals surface area contributed by atoms with Crippen molar-refractivity contribution in [3.8, 4) is 0 Å². The summed E-state index contributed by atoms with van der Waals surface area (Å²) >= 11 is 5.77. The summed E-state index contributed by atoms with van der Waals surface area (Å²) in [4.78, 5) is 15.2. The molecule has 14 heavy (non-hydrogen) atoms. The van der Waals surface area contributed by atoms with Gasteiger partial charge in [0.05, 0.1) is 35.7 Å². The number of aryl methyl sites for hydroxylation is 1. The van der Waals surface area contributed by atoms with Crippen molar-refractivity contribution < 1.29 is 14.6 Å². The maximum atomic E-state index is 11.2. The highest BCUT2D eigenvalue weighted by Gasteiger charge is 2.13. The Kier molecular flexibility index (Phi) is 3.43. The van der Waals surface area contributed by atoms with Gasteiger partial charge in [-0.05, 0) is 13.0 Å². The first-order valence-corrected chi connectivity index (χ1v) is 4.33. The quantitative estimate of drug-likeness (QED) is 0.756. The van der Waals surface area contributed by atoms with E-state index in [2.05, 4.69) is 9.72 Å². The van der Waals surface area contributed by atoms with Crippen LogP contribution in [0, 0.1) is 6.92 Å². The van der Waals surface area contributed by atoms with E-state index >= 15 is 0 Å². The van der Waals surface area contributed by atoms with Crippen LogP contribution in [0.5, 0.6) is 0 Å². The first-order valence-electron chi connectivity index (χ1n) is 3.95. The summed E-state index contributed by atoms with van der Waals surface area (Å²) in [7, 11) is 1.29. The van der Waals surface area contributed by atoms with Gasteiger partial charge in [0, 0.05) is 0 Å². The van der Waals surface area contributed by atoms with Gasteiger partial charge in [-0.3, -0.25) is 4.98 Å². The Balaban J connectivity index is 3.21. The van der Waals surface area contributed by atoms with E-state index in [1.807, 2.05) is 0 Å². The monoisotopic (exact) mass is 215 g/mol. The second-order valence-electron chi connectivity index (χ2n) is 2.70. The maximum absolute atomic E-state index is 11.2. The summed E-state index contributed by atoms with van der Waals surface area (Å²) < 4.78 is 4.55. The second kappa shape index (κ2) is 4.39. The lowest BCUT2D eigenvalue weighted by atomic mass is 10.2. The van der Waals surface area contributed by atoms with Gasteiger partial charge in [-0.1, -0.05) is 11.6 Å². The Morgan fingerprint density at radius 1 is 1.71 bits per heavy atom. The Morgan fingerprint density at radius 3 is 2.86 bits per heavy atom. The molecule has 0 aromatic carbocycles. The number of carbonyl (C=O) groups is 1. The number of ether oxygens (including phenoxy) is 1. The van der Waals surface area contributed by atoms with E-state index in [1.54, 1.807) is 6.92 Å². The second-order valence-corrected chi connectivity index (χ2v) is 3.11. The molecule has 0 spiro atoms. The van der Waals surface area contributed by atoms with E-state index in [4.69, 9.17) is 16.7 Å². The number of aromatic nitrogens is 1. The number of aliphatic hydroxyl groups is 1. The number of carbonyl (C=O) groups excluding carboxylic acids is 1. The normalized spacial score (nSPS) is 10.0. The van der Waals surface area contributed by atoms with Crippen molar-refractivity contribution in [2.75, 3.05) is 7.11 Å². The molecule has 0 bridgehead atoms. The molecule has 1 N–H and O–H groups in total. The van der Waals surface area contributed by atoms with Crippen LogP contribution in [0.3, 0.4) is 0 Å². The first kappa shape index (κ1) is 10.9. The fourth-order valence-electron chi connectivity index (χ4n) is 1.06. The highest BCUT2D eigenvalue weighted by molar-refractivity contribution is 6.31. The van der Waals surface area contributed by atoms with E-state index in [9.17, 15) is 4.79 Å². The van der Waals surface area contributed by atoms with Crippen LogP contribution >= 0.6 is 11.6 Å². The van der Waals surface area contributed by atoms with Gasteiger partial charge < -0.3 is 9.84 Å². The van der Waals surface area contributed by atoms with E-state index in [0.29, 0.717) is 17.0 Å². The van der Waals surface area contributed by atoms with Crippen molar-refractivity contribution in [2.24, 2.45) is 0 Å². The zero-order chi connectivity index (χ0) is 10.7. The van der Waals surface area contributed by atoms with Crippen LogP contribution in [0.2, 0.25) is 5.02 Å². The summed E-state index contributed by atoms with van der Waals surface area (Å²) in [6, 6.07) is 1.45. The number of nitrogens with zero attached hydrogens (tertiary/aromatic N) is 1. The van der Waals surface area contributed by atoms with Crippen molar-refractivity contribution >= 4 is 17.6 Å². The molecule has 1 rings (SSSR count). The fourth-order valence-corrected chi connectivity index (χ4v) is 1.27. The molecule has 4 nitrogen and oxygen atoms in total. The SMILES string of the molecule is COC(=O)c1cc(Cl)c(CO)nc1C. The van der Waals surface area contributed by atoms with Crippen molar-refractivity contribution in [1.82, 2.24) is 4.98 Å². The van der Waals surface area contributed by atoms with Gasteiger partial charge >= 0.3 is 5.97 Å². The molecule has 0 aliphatic heterocycles. The van der Waals surface area contributed by atoms with Crippen LogP contribution in [-0.2, 0) is 11.3 Å². The number of aliphatic hydroxyl groups excluding tert-OH is 1. The lowest BCUT2D eigenvalue weighted by Crippen LogP contribution is -2.07. The number of hydrogen-bond acceptors (Lipinski definition) is 4. The molecule has 5 heteroatoms. The summed E-state index contributed by atoms with van der Waals surface area (Å²) in [5.41, 5.74) is 1.16. The van der Waals surface area contributed by atoms with Gasteiger partial charge in [0.15, 0.2) is 0 Å². The third-order valence-electron chi connectivity index (χ3n) is 1.79. The highest BCUT2D eigenvalue weighted by atomic mass is 35.5.